The van der Waals surface area contributed by atoms with Crippen molar-refractivity contribution in [1.82, 2.24) is 10.4 Å². The highest BCUT2D eigenvalue weighted by Gasteiger charge is 2.13. The molecule has 0 unspecified atom stereocenters. The van der Waals surface area contributed by atoms with Crippen LogP contribution in [0.2, 0.25) is 0 Å². The Labute approximate surface area is 109 Å². The minimum Gasteiger partial charge on any atom is -0.493 e. The van der Waals surface area contributed by atoms with Crippen molar-refractivity contribution in [2.24, 2.45) is 5.84 Å². The van der Waals surface area contributed by atoms with Crippen molar-refractivity contribution in [3.8, 4) is 16.3 Å². The van der Waals surface area contributed by atoms with Crippen LogP contribution in [0.4, 0.5) is 0 Å². The van der Waals surface area contributed by atoms with Crippen LogP contribution < -0.4 is 16.0 Å². The molecule has 3 N–H and O–H groups in total. The summed E-state index contributed by atoms with van der Waals surface area (Å²) in [4.78, 5) is 15.6. The molecule has 94 valence electrons. The van der Waals surface area contributed by atoms with Crippen LogP contribution in [0.3, 0.4) is 0 Å². The molecule has 0 aliphatic heterocycles. The van der Waals surface area contributed by atoms with Gasteiger partial charge in [0.25, 0.3) is 5.91 Å². The molecule has 6 heteroatoms. The number of ether oxygens (including phenoxy) is 1. The van der Waals surface area contributed by atoms with Gasteiger partial charge >= 0.3 is 0 Å². The summed E-state index contributed by atoms with van der Waals surface area (Å²) in [7, 11) is 0. The lowest BCUT2D eigenvalue weighted by molar-refractivity contribution is 0.0949. The third-order valence-electron chi connectivity index (χ3n) is 2.29. The van der Waals surface area contributed by atoms with E-state index in [-0.39, 0.29) is 0 Å². The number of aromatic nitrogens is 1. The van der Waals surface area contributed by atoms with Crippen LogP contribution in [0.15, 0.2) is 29.6 Å². The number of amides is 1. The first-order chi connectivity index (χ1) is 8.76. The first-order valence-corrected chi connectivity index (χ1v) is 6.33. The number of hydrazine groups is 1. The monoisotopic (exact) mass is 263 g/mol. The molecule has 1 aromatic heterocycles. The van der Waals surface area contributed by atoms with Gasteiger partial charge in [0, 0.05) is 5.38 Å². The largest absolute Gasteiger partial charge is 0.493 e. The van der Waals surface area contributed by atoms with E-state index in [0.717, 1.165) is 16.3 Å². The number of nitrogens with two attached hydrogens (primary N) is 1. The number of hydrogen-bond acceptors (Lipinski definition) is 5. The molecule has 0 saturated carbocycles. The average Bonchev–Trinajstić information content (AvgIpc) is 2.88. The number of benzene rings is 1. The molecule has 0 aliphatic rings. The number of hydrogen-bond donors (Lipinski definition) is 2. The number of thiazole rings is 1. The smallest absolute Gasteiger partial charge is 0.284 e. The van der Waals surface area contributed by atoms with Crippen LogP contribution in [0, 0.1) is 0 Å². The maximum absolute atomic E-state index is 11.3. The van der Waals surface area contributed by atoms with E-state index >= 15 is 0 Å². The van der Waals surface area contributed by atoms with Gasteiger partial charge in [-0.15, -0.1) is 11.3 Å². The predicted octanol–water partition coefficient (Wildman–Crippen LogP) is 1.81. The van der Waals surface area contributed by atoms with Gasteiger partial charge in [0.05, 0.1) is 12.2 Å². The zero-order valence-electron chi connectivity index (χ0n) is 9.84. The summed E-state index contributed by atoms with van der Waals surface area (Å²) in [5.74, 6) is 5.43. The first kappa shape index (κ1) is 12.5. The fourth-order valence-corrected chi connectivity index (χ4v) is 2.33. The number of nitrogens with one attached hydrogen (secondary N) is 1. The number of rotatable bonds is 4. The topological polar surface area (TPSA) is 77.2 Å². The van der Waals surface area contributed by atoms with E-state index in [1.54, 1.807) is 5.38 Å². The van der Waals surface area contributed by atoms with Crippen LogP contribution in [0.25, 0.3) is 10.6 Å². The van der Waals surface area contributed by atoms with E-state index in [9.17, 15) is 4.79 Å². The normalized spacial score (nSPS) is 10.1. The van der Waals surface area contributed by atoms with Crippen LogP contribution in [-0.4, -0.2) is 17.5 Å². The zero-order valence-corrected chi connectivity index (χ0v) is 10.7. The third-order valence-corrected chi connectivity index (χ3v) is 3.16. The summed E-state index contributed by atoms with van der Waals surface area (Å²) >= 11 is 1.38. The van der Waals surface area contributed by atoms with E-state index in [2.05, 4.69) is 10.4 Å². The number of nitrogen functional groups attached to an aromatic ring is 1. The Kier molecular flexibility index (Phi) is 3.91. The molecule has 0 atom stereocenters. The summed E-state index contributed by atoms with van der Waals surface area (Å²) in [6, 6.07) is 7.59. The molecular formula is C12H13N3O2S. The Hall–Kier alpha value is -1.92. The Bertz CT molecular complexity index is 554. The molecule has 18 heavy (non-hydrogen) atoms. The second kappa shape index (κ2) is 5.61. The van der Waals surface area contributed by atoms with Crippen molar-refractivity contribution in [2.45, 2.75) is 6.92 Å². The van der Waals surface area contributed by atoms with Crippen molar-refractivity contribution >= 4 is 17.2 Å². The Morgan fingerprint density at radius 1 is 1.50 bits per heavy atom. The van der Waals surface area contributed by atoms with Gasteiger partial charge in [-0.25, -0.2) is 10.8 Å². The summed E-state index contributed by atoms with van der Waals surface area (Å²) in [6.07, 6.45) is 0. The van der Waals surface area contributed by atoms with Crippen molar-refractivity contribution < 1.29 is 9.53 Å². The number of carbonyl (C=O) groups excluding carboxylic acids is 1. The van der Waals surface area contributed by atoms with E-state index in [1.165, 1.54) is 11.3 Å². The first-order valence-electron chi connectivity index (χ1n) is 5.45. The molecule has 1 aromatic carbocycles. The maximum Gasteiger partial charge on any atom is 0.284 e. The highest BCUT2D eigenvalue weighted by molar-refractivity contribution is 7.13. The molecule has 0 saturated heterocycles. The number of carbonyl (C=O) groups is 1. The fourth-order valence-electron chi connectivity index (χ4n) is 1.50. The van der Waals surface area contributed by atoms with E-state index in [1.807, 2.05) is 31.2 Å². The van der Waals surface area contributed by atoms with Crippen molar-refractivity contribution in [1.29, 1.82) is 0 Å². The predicted molar refractivity (Wildman–Crippen MR) is 70.4 cm³/mol. The van der Waals surface area contributed by atoms with Crippen LogP contribution in [0.5, 0.6) is 5.75 Å². The lowest BCUT2D eigenvalue weighted by Gasteiger charge is -2.07. The van der Waals surface area contributed by atoms with Crippen molar-refractivity contribution in [2.75, 3.05) is 6.61 Å². The highest BCUT2D eigenvalue weighted by Crippen LogP contribution is 2.32. The van der Waals surface area contributed by atoms with Crippen molar-refractivity contribution in [3.63, 3.8) is 0 Å². The van der Waals surface area contributed by atoms with Crippen LogP contribution in [-0.2, 0) is 0 Å². The summed E-state index contributed by atoms with van der Waals surface area (Å²) in [5.41, 5.74) is 3.24. The van der Waals surface area contributed by atoms with Gasteiger partial charge in [0.1, 0.15) is 16.5 Å². The van der Waals surface area contributed by atoms with Gasteiger partial charge in [-0.3, -0.25) is 10.2 Å². The standard InChI is InChI=1S/C12H13N3O2S/c1-2-17-10-6-4-3-5-8(10)12-14-9(7-18-12)11(16)15-13/h3-7H,2,13H2,1H3,(H,15,16). The van der Waals surface area contributed by atoms with Gasteiger partial charge < -0.3 is 4.74 Å². The quantitative estimate of drug-likeness (QED) is 0.501. The molecule has 0 aliphatic carbocycles. The Morgan fingerprint density at radius 3 is 3.00 bits per heavy atom. The summed E-state index contributed by atoms with van der Waals surface area (Å²) in [6.45, 7) is 2.50. The number of para-hydroxylation sites is 1. The summed E-state index contributed by atoms with van der Waals surface area (Å²) < 4.78 is 5.53. The van der Waals surface area contributed by atoms with Gasteiger partial charge in [-0.05, 0) is 19.1 Å². The maximum atomic E-state index is 11.3. The lowest BCUT2D eigenvalue weighted by atomic mass is 10.2. The average molecular weight is 263 g/mol. The van der Waals surface area contributed by atoms with Gasteiger partial charge in [-0.1, -0.05) is 12.1 Å². The lowest BCUT2D eigenvalue weighted by Crippen LogP contribution is -2.30. The molecule has 0 spiro atoms. The third kappa shape index (κ3) is 2.49. The van der Waals surface area contributed by atoms with Gasteiger partial charge in [0.15, 0.2) is 0 Å². The zero-order chi connectivity index (χ0) is 13.0. The molecule has 5 nitrogen and oxygen atoms in total. The van der Waals surface area contributed by atoms with Crippen LogP contribution in [0.1, 0.15) is 17.4 Å². The second-order valence-corrected chi connectivity index (χ2v) is 4.30. The molecule has 1 amide bonds. The van der Waals surface area contributed by atoms with Crippen LogP contribution >= 0.6 is 11.3 Å². The summed E-state index contributed by atoms with van der Waals surface area (Å²) in [5, 5.41) is 2.40. The van der Waals surface area contributed by atoms with E-state index in [0.29, 0.717) is 12.3 Å². The minimum absolute atomic E-state index is 0.309. The molecule has 0 radical (unpaired) electrons. The molecular weight excluding hydrogens is 250 g/mol. The highest BCUT2D eigenvalue weighted by atomic mass is 32.1. The van der Waals surface area contributed by atoms with E-state index in [4.69, 9.17) is 10.6 Å². The number of nitrogens with zero attached hydrogens (tertiary/aromatic N) is 1. The molecule has 1 heterocycles. The Balaban J connectivity index is 2.36. The van der Waals surface area contributed by atoms with Crippen molar-refractivity contribution in [3.05, 3.63) is 35.3 Å². The molecule has 0 bridgehead atoms. The minimum atomic E-state index is -0.397. The van der Waals surface area contributed by atoms with Gasteiger partial charge in [0.2, 0.25) is 0 Å². The van der Waals surface area contributed by atoms with Gasteiger partial charge in [-0.2, -0.15) is 0 Å². The molecule has 2 aromatic rings. The van der Waals surface area contributed by atoms with E-state index < -0.39 is 5.91 Å². The fraction of sp³-hybridized carbons (Fsp3) is 0.167. The second-order valence-electron chi connectivity index (χ2n) is 3.44. The molecule has 2 rings (SSSR count). The Morgan fingerprint density at radius 2 is 2.28 bits per heavy atom. The molecule has 0 fully saturated rings. The SMILES string of the molecule is CCOc1ccccc1-c1nc(C(=O)NN)cs1.